The number of hydrogen-bond acceptors (Lipinski definition) is 4. The first-order valence-electron chi connectivity index (χ1n) is 13.4. The van der Waals surface area contributed by atoms with Crippen molar-refractivity contribution >= 4 is 46.0 Å². The van der Waals surface area contributed by atoms with E-state index in [2.05, 4.69) is 35.9 Å². The molecule has 1 aromatic heterocycles. The normalized spacial score (nSPS) is 11.4. The molecule has 4 rings (SSSR count). The predicted molar refractivity (Wildman–Crippen MR) is 162 cm³/mol. The van der Waals surface area contributed by atoms with Gasteiger partial charge in [0.25, 0.3) is 0 Å². The highest BCUT2D eigenvalue weighted by Crippen LogP contribution is 2.24. The molecule has 0 aliphatic carbocycles. The van der Waals surface area contributed by atoms with Crippen LogP contribution >= 0.6 is 23.2 Å². The van der Waals surface area contributed by atoms with Crippen LogP contribution in [0.4, 0.5) is 0 Å². The summed E-state index contributed by atoms with van der Waals surface area (Å²) in [6.45, 7) is 6.75. The summed E-state index contributed by atoms with van der Waals surface area (Å²) < 4.78 is 4.88. The van der Waals surface area contributed by atoms with Crippen molar-refractivity contribution in [3.8, 4) is 0 Å². The number of aromatic nitrogens is 1. The fraction of sp³-hybridized carbons (Fsp3) is 0.312. The SMILES string of the molecule is COC(=O)c1cccc(CN(CC(=O)N(CCc2c[nH]c3ccccc23)Cc2ccc(Cl)c(Cl)c2)CC(C)C)c1. The summed E-state index contributed by atoms with van der Waals surface area (Å²) in [5, 5.41) is 2.12. The van der Waals surface area contributed by atoms with E-state index in [4.69, 9.17) is 27.9 Å². The molecular formula is C32H35Cl2N3O3. The summed E-state index contributed by atoms with van der Waals surface area (Å²) in [5.74, 6) is 0.000403. The predicted octanol–water partition coefficient (Wildman–Crippen LogP) is 6.99. The summed E-state index contributed by atoms with van der Waals surface area (Å²) in [4.78, 5) is 33.3. The maximum absolute atomic E-state index is 13.9. The number of ether oxygens (including phenoxy) is 1. The number of rotatable bonds is 12. The van der Waals surface area contributed by atoms with Gasteiger partial charge in [-0.3, -0.25) is 9.69 Å². The van der Waals surface area contributed by atoms with Gasteiger partial charge in [-0.1, -0.05) is 73.4 Å². The van der Waals surface area contributed by atoms with Gasteiger partial charge in [-0.05, 0) is 59.4 Å². The molecule has 3 aromatic carbocycles. The van der Waals surface area contributed by atoms with Crippen molar-refractivity contribution in [3.05, 3.63) is 105 Å². The average molecular weight is 581 g/mol. The van der Waals surface area contributed by atoms with E-state index in [-0.39, 0.29) is 18.4 Å². The van der Waals surface area contributed by atoms with Crippen molar-refractivity contribution in [2.45, 2.75) is 33.4 Å². The molecule has 0 saturated carbocycles. The number of benzene rings is 3. The van der Waals surface area contributed by atoms with Crippen molar-refractivity contribution in [3.63, 3.8) is 0 Å². The van der Waals surface area contributed by atoms with Crippen LogP contribution in [0, 0.1) is 5.92 Å². The summed E-state index contributed by atoms with van der Waals surface area (Å²) in [6.07, 6.45) is 2.73. The molecule has 40 heavy (non-hydrogen) atoms. The highest BCUT2D eigenvalue weighted by Gasteiger charge is 2.20. The molecule has 0 saturated heterocycles. The van der Waals surface area contributed by atoms with Gasteiger partial charge in [0.05, 0.1) is 29.3 Å². The van der Waals surface area contributed by atoms with Crippen LogP contribution in [0.1, 0.15) is 40.9 Å². The van der Waals surface area contributed by atoms with Gasteiger partial charge in [0.15, 0.2) is 0 Å². The molecule has 210 valence electrons. The number of nitrogens with zero attached hydrogens (tertiary/aromatic N) is 2. The summed E-state index contributed by atoms with van der Waals surface area (Å²) in [6, 6.07) is 21.0. The summed E-state index contributed by atoms with van der Waals surface area (Å²) in [7, 11) is 1.37. The fourth-order valence-electron chi connectivity index (χ4n) is 4.91. The number of methoxy groups -OCH3 is 1. The Bertz CT molecular complexity index is 1470. The van der Waals surface area contributed by atoms with Crippen LogP contribution in [-0.4, -0.2) is 53.4 Å². The first-order chi connectivity index (χ1) is 19.2. The highest BCUT2D eigenvalue weighted by molar-refractivity contribution is 6.42. The molecule has 1 amide bonds. The van der Waals surface area contributed by atoms with Crippen molar-refractivity contribution in [1.29, 1.82) is 0 Å². The molecule has 1 heterocycles. The molecule has 0 spiro atoms. The third-order valence-corrected chi connectivity index (χ3v) is 7.51. The Labute approximate surface area is 245 Å². The average Bonchev–Trinajstić information content (AvgIpc) is 3.35. The number of carbonyl (C=O) groups excluding carboxylic acids is 2. The van der Waals surface area contributed by atoms with Crippen molar-refractivity contribution in [2.24, 2.45) is 5.92 Å². The molecule has 4 aromatic rings. The van der Waals surface area contributed by atoms with Crippen LogP contribution in [0.2, 0.25) is 10.0 Å². The highest BCUT2D eigenvalue weighted by atomic mass is 35.5. The Morgan fingerprint density at radius 2 is 1.70 bits per heavy atom. The maximum atomic E-state index is 13.9. The van der Waals surface area contributed by atoms with Gasteiger partial charge in [-0.15, -0.1) is 0 Å². The molecule has 0 unspecified atom stereocenters. The van der Waals surface area contributed by atoms with Gasteiger partial charge in [-0.2, -0.15) is 0 Å². The lowest BCUT2D eigenvalue weighted by Crippen LogP contribution is -2.42. The Morgan fingerprint density at radius 3 is 2.45 bits per heavy atom. The second-order valence-electron chi connectivity index (χ2n) is 10.4. The molecule has 0 aliphatic heterocycles. The van der Waals surface area contributed by atoms with Crippen molar-refractivity contribution in [1.82, 2.24) is 14.8 Å². The zero-order valence-electron chi connectivity index (χ0n) is 23.1. The molecule has 0 aliphatic rings. The van der Waals surface area contributed by atoms with E-state index in [1.165, 1.54) is 12.7 Å². The van der Waals surface area contributed by atoms with Crippen LogP contribution in [0.15, 0.2) is 72.9 Å². The third kappa shape index (κ3) is 7.87. The summed E-state index contributed by atoms with van der Waals surface area (Å²) in [5.41, 5.74) is 4.61. The van der Waals surface area contributed by atoms with E-state index in [0.717, 1.165) is 28.6 Å². The van der Waals surface area contributed by atoms with Crippen LogP contribution < -0.4 is 0 Å². The minimum atomic E-state index is -0.376. The number of halogens is 2. The van der Waals surface area contributed by atoms with Crippen LogP contribution in [0.3, 0.4) is 0 Å². The maximum Gasteiger partial charge on any atom is 0.337 e. The first-order valence-corrected chi connectivity index (χ1v) is 14.2. The quantitative estimate of drug-likeness (QED) is 0.184. The smallest absolute Gasteiger partial charge is 0.337 e. The van der Waals surface area contributed by atoms with E-state index in [9.17, 15) is 9.59 Å². The Kier molecular flexibility index (Phi) is 10.3. The lowest BCUT2D eigenvalue weighted by atomic mass is 10.1. The van der Waals surface area contributed by atoms with Gasteiger partial charge in [-0.25, -0.2) is 4.79 Å². The number of hydrogen-bond donors (Lipinski definition) is 1. The van der Waals surface area contributed by atoms with Gasteiger partial charge in [0, 0.05) is 43.3 Å². The molecule has 0 atom stereocenters. The van der Waals surface area contributed by atoms with E-state index >= 15 is 0 Å². The molecule has 6 nitrogen and oxygen atoms in total. The molecule has 8 heteroatoms. The zero-order valence-corrected chi connectivity index (χ0v) is 24.6. The van der Waals surface area contributed by atoms with Crippen LogP contribution in [0.5, 0.6) is 0 Å². The number of amides is 1. The van der Waals surface area contributed by atoms with E-state index in [0.29, 0.717) is 47.6 Å². The number of esters is 1. The second-order valence-corrected chi connectivity index (χ2v) is 11.2. The largest absolute Gasteiger partial charge is 0.465 e. The Hall–Kier alpha value is -3.32. The number of para-hydroxylation sites is 1. The minimum Gasteiger partial charge on any atom is -0.465 e. The molecular weight excluding hydrogens is 545 g/mol. The van der Waals surface area contributed by atoms with Gasteiger partial charge < -0.3 is 14.6 Å². The summed E-state index contributed by atoms with van der Waals surface area (Å²) >= 11 is 12.4. The van der Waals surface area contributed by atoms with Gasteiger partial charge in [0.1, 0.15) is 0 Å². The zero-order chi connectivity index (χ0) is 28.6. The van der Waals surface area contributed by atoms with Gasteiger partial charge >= 0.3 is 5.97 Å². The van der Waals surface area contributed by atoms with E-state index in [1.807, 2.05) is 53.6 Å². The molecule has 0 bridgehead atoms. The standard InChI is InChI=1S/C32H35Cl2N3O3/c1-22(2)18-36(19-23-7-6-8-25(15-23)32(39)40-3)21-31(38)37(20-24-11-12-28(33)29(34)16-24)14-13-26-17-35-30-10-5-4-9-27(26)30/h4-12,15-17,22,35H,13-14,18-21H2,1-3H3. The number of H-pyrrole nitrogens is 1. The van der Waals surface area contributed by atoms with Crippen LogP contribution in [0.25, 0.3) is 10.9 Å². The molecule has 0 fully saturated rings. The molecule has 0 radical (unpaired) electrons. The topological polar surface area (TPSA) is 65.6 Å². The first kappa shape index (κ1) is 29.7. The monoisotopic (exact) mass is 579 g/mol. The minimum absolute atomic E-state index is 0.0238. The second kappa shape index (κ2) is 13.8. The number of aromatic amines is 1. The van der Waals surface area contributed by atoms with Crippen LogP contribution in [-0.2, 0) is 29.0 Å². The number of fused-ring (bicyclic) bond motifs is 1. The van der Waals surface area contributed by atoms with E-state index in [1.54, 1.807) is 12.1 Å². The fourth-order valence-corrected chi connectivity index (χ4v) is 5.23. The van der Waals surface area contributed by atoms with E-state index < -0.39 is 0 Å². The van der Waals surface area contributed by atoms with Crippen molar-refractivity contribution in [2.75, 3.05) is 26.7 Å². The third-order valence-electron chi connectivity index (χ3n) is 6.77. The van der Waals surface area contributed by atoms with Gasteiger partial charge in [0.2, 0.25) is 5.91 Å². The lowest BCUT2D eigenvalue weighted by Gasteiger charge is -2.29. The Morgan fingerprint density at radius 1 is 0.925 bits per heavy atom. The molecule has 1 N–H and O–H groups in total. The lowest BCUT2D eigenvalue weighted by molar-refractivity contribution is -0.133. The Balaban J connectivity index is 1.54. The number of nitrogens with one attached hydrogen (secondary N) is 1. The number of carbonyl (C=O) groups is 2. The van der Waals surface area contributed by atoms with Crippen molar-refractivity contribution < 1.29 is 14.3 Å².